The highest BCUT2D eigenvalue weighted by Crippen LogP contribution is 2.41. The molecule has 14 heteroatoms. The van der Waals surface area contributed by atoms with Gasteiger partial charge in [0.2, 0.25) is 0 Å². The van der Waals surface area contributed by atoms with Crippen molar-refractivity contribution >= 4 is 5.97 Å². The summed E-state index contributed by atoms with van der Waals surface area (Å²) in [5, 5.41) is 62.2. The summed E-state index contributed by atoms with van der Waals surface area (Å²) in [5.41, 5.74) is -4.45. The molecule has 53 heavy (non-hydrogen) atoms. The van der Waals surface area contributed by atoms with Gasteiger partial charge in [0.25, 0.3) is 0 Å². The Bertz CT molecular complexity index is 1160. The number of hydrogen-bond acceptors (Lipinski definition) is 14. The summed E-state index contributed by atoms with van der Waals surface area (Å²) in [6, 6.07) is -0.659. The molecule has 312 valence electrons. The first-order valence-corrected chi connectivity index (χ1v) is 19.7. The number of rotatable bonds is 9. The van der Waals surface area contributed by atoms with Gasteiger partial charge in [-0.05, 0) is 87.4 Å². The molecular formula is C39H74N2O12. The van der Waals surface area contributed by atoms with E-state index >= 15 is 0 Å². The van der Waals surface area contributed by atoms with Gasteiger partial charge in [-0.2, -0.15) is 0 Å². The zero-order valence-electron chi connectivity index (χ0n) is 34.8. The molecule has 3 aliphatic rings. The molecule has 0 aromatic rings. The van der Waals surface area contributed by atoms with Gasteiger partial charge >= 0.3 is 5.97 Å². The lowest BCUT2D eigenvalue weighted by molar-refractivity contribution is -0.318. The molecule has 0 spiro atoms. The van der Waals surface area contributed by atoms with E-state index in [1.807, 2.05) is 53.6 Å². The van der Waals surface area contributed by atoms with Crippen LogP contribution in [0.3, 0.4) is 0 Å². The second-order valence-electron chi connectivity index (χ2n) is 17.3. The van der Waals surface area contributed by atoms with Crippen LogP contribution in [-0.4, -0.2) is 154 Å². The van der Waals surface area contributed by atoms with Gasteiger partial charge in [0, 0.05) is 37.5 Å². The van der Waals surface area contributed by atoms with E-state index in [9.17, 15) is 30.3 Å². The number of methoxy groups -OCH3 is 1. The van der Waals surface area contributed by atoms with Crippen molar-refractivity contribution in [3.05, 3.63) is 0 Å². The lowest BCUT2D eigenvalue weighted by Crippen LogP contribution is -2.62. The number of likely N-dealkylation sites (N-methyl/N-ethyl adjacent to an activating group) is 1. The maximum Gasteiger partial charge on any atom is 0.311 e. The van der Waals surface area contributed by atoms with Crippen LogP contribution in [0.5, 0.6) is 0 Å². The van der Waals surface area contributed by atoms with Crippen LogP contribution >= 0.6 is 0 Å². The van der Waals surface area contributed by atoms with Gasteiger partial charge in [-0.25, -0.2) is 0 Å². The minimum absolute atomic E-state index is 0.131. The van der Waals surface area contributed by atoms with E-state index in [0.29, 0.717) is 13.0 Å². The van der Waals surface area contributed by atoms with Gasteiger partial charge in [-0.15, -0.1) is 0 Å². The van der Waals surface area contributed by atoms with Crippen LogP contribution in [0.1, 0.15) is 102 Å². The molecule has 0 amide bonds. The van der Waals surface area contributed by atoms with Gasteiger partial charge < -0.3 is 64.2 Å². The topological polar surface area (TPSA) is 189 Å². The smallest absolute Gasteiger partial charge is 0.311 e. The Morgan fingerprint density at radius 2 is 1.53 bits per heavy atom. The lowest BCUT2D eigenvalue weighted by atomic mass is 9.72. The van der Waals surface area contributed by atoms with Crippen molar-refractivity contribution in [1.29, 1.82) is 0 Å². The zero-order valence-corrected chi connectivity index (χ0v) is 34.8. The van der Waals surface area contributed by atoms with Crippen molar-refractivity contribution in [2.75, 3.05) is 27.7 Å². The Balaban J connectivity index is 2.21. The predicted molar refractivity (Wildman–Crippen MR) is 199 cm³/mol. The van der Waals surface area contributed by atoms with Gasteiger partial charge in [-0.3, -0.25) is 4.79 Å². The summed E-state index contributed by atoms with van der Waals surface area (Å²) in [6.07, 6.45) is -8.36. The number of carbonyl (C=O) groups is 1. The first-order valence-electron chi connectivity index (χ1n) is 19.7. The normalized spacial score (nSPS) is 49.7. The molecule has 6 N–H and O–H groups in total. The Labute approximate surface area is 318 Å². The fourth-order valence-corrected chi connectivity index (χ4v) is 9.23. The largest absolute Gasteiger partial charge is 0.459 e. The highest BCUT2D eigenvalue weighted by Gasteiger charge is 2.53. The van der Waals surface area contributed by atoms with Crippen LogP contribution in [0.4, 0.5) is 0 Å². The van der Waals surface area contributed by atoms with E-state index in [4.69, 9.17) is 28.4 Å². The number of ether oxygens (including phenoxy) is 6. The molecule has 0 bridgehead atoms. The number of esters is 1. The van der Waals surface area contributed by atoms with Gasteiger partial charge in [0.15, 0.2) is 12.6 Å². The van der Waals surface area contributed by atoms with Crippen molar-refractivity contribution in [3.63, 3.8) is 0 Å². The summed E-state index contributed by atoms with van der Waals surface area (Å²) in [5.74, 6) is -3.25. The fraction of sp³-hybridized carbons (Fsp3) is 0.974. The zero-order chi connectivity index (χ0) is 40.4. The number of cyclic esters (lactones) is 1. The SMILES string of the molecule is CCN[C@@H]1[C@H](C)[C@@H](O)[C@](C)(O)[C@@H](CC)OC(=O)[C@H](C)[C@@H](O[C@H]2C[C@@](C)(OC)[C@@H](O)[C@H](C)O2)[C@H](C)[C@@H](O[C@@H]2O[C@H](C)C[C@H](N(C)C)[C@H]2O)[C@](C)(O)C[C@H]1C. The molecule has 0 saturated carbocycles. The molecule has 19 atom stereocenters. The van der Waals surface area contributed by atoms with E-state index in [1.165, 1.54) is 14.0 Å². The molecule has 0 unspecified atom stereocenters. The number of carbonyl (C=O) groups excluding carboxylic acids is 1. The Hall–Kier alpha value is -1.01. The standard InChI is InChI=1S/C39H74N2O12/c1-15-27-39(11,47)32(43)22(5)29(40-16-2)20(3)18-37(9,46)34(53-36-30(42)26(41(12)13)17-21(4)49-36)23(6)31(24(7)35(45)51-27)52-28-19-38(10,48-14)33(44)25(8)50-28/h20-34,36,40,42-44,46-47H,15-19H2,1-14H3/t20-,21-,22+,23+,24-,25+,26+,27-,28+,29+,30-,31+,32-,33+,34-,36+,37-,38-,39-/m1/s1. The minimum Gasteiger partial charge on any atom is -0.459 e. The monoisotopic (exact) mass is 763 g/mol. The average molecular weight is 763 g/mol. The Kier molecular flexibility index (Phi) is 16.2. The van der Waals surface area contributed by atoms with Crippen LogP contribution in [0.25, 0.3) is 0 Å². The molecule has 0 aromatic heterocycles. The summed E-state index contributed by atoms with van der Waals surface area (Å²) >= 11 is 0. The van der Waals surface area contributed by atoms with Crippen LogP contribution in [-0.2, 0) is 33.2 Å². The number of nitrogens with zero attached hydrogens (tertiary/aromatic N) is 1. The lowest BCUT2D eigenvalue weighted by Gasteiger charge is -2.49. The van der Waals surface area contributed by atoms with Crippen molar-refractivity contribution < 1.29 is 58.7 Å². The van der Waals surface area contributed by atoms with Crippen LogP contribution in [0.2, 0.25) is 0 Å². The van der Waals surface area contributed by atoms with Gasteiger partial charge in [0.05, 0.1) is 47.6 Å². The summed E-state index contributed by atoms with van der Waals surface area (Å²) < 4.78 is 37.7. The fourth-order valence-electron chi connectivity index (χ4n) is 9.23. The van der Waals surface area contributed by atoms with Crippen LogP contribution in [0, 0.1) is 23.7 Å². The predicted octanol–water partition coefficient (Wildman–Crippen LogP) is 2.19. The van der Waals surface area contributed by atoms with Crippen molar-refractivity contribution in [3.8, 4) is 0 Å². The first-order chi connectivity index (χ1) is 24.5. The van der Waals surface area contributed by atoms with Gasteiger partial charge in [-0.1, -0.05) is 34.6 Å². The average Bonchev–Trinajstić information content (AvgIpc) is 3.08. The number of aliphatic hydroxyl groups is 5. The molecule has 0 radical (unpaired) electrons. The van der Waals surface area contributed by atoms with Gasteiger partial charge in [0.1, 0.15) is 23.9 Å². The van der Waals surface area contributed by atoms with Crippen LogP contribution in [0.15, 0.2) is 0 Å². The highest BCUT2D eigenvalue weighted by atomic mass is 16.7. The highest BCUT2D eigenvalue weighted by molar-refractivity contribution is 5.73. The minimum atomic E-state index is -1.82. The van der Waals surface area contributed by atoms with Crippen LogP contribution < -0.4 is 5.32 Å². The number of hydrogen-bond donors (Lipinski definition) is 6. The third-order valence-corrected chi connectivity index (χ3v) is 12.5. The maximum atomic E-state index is 14.2. The maximum absolute atomic E-state index is 14.2. The molecule has 3 rings (SSSR count). The Morgan fingerprint density at radius 3 is 2.08 bits per heavy atom. The summed E-state index contributed by atoms with van der Waals surface area (Å²) in [7, 11) is 5.28. The number of aliphatic hydroxyl groups excluding tert-OH is 3. The first kappa shape index (κ1) is 46.4. The molecule has 0 aromatic carbocycles. The van der Waals surface area contributed by atoms with E-state index in [1.54, 1.807) is 34.6 Å². The molecular weight excluding hydrogens is 688 g/mol. The molecule has 14 nitrogen and oxygen atoms in total. The van der Waals surface area contributed by atoms with Crippen molar-refractivity contribution in [2.24, 2.45) is 23.7 Å². The third-order valence-electron chi connectivity index (χ3n) is 12.5. The number of nitrogens with one attached hydrogen (secondary N) is 1. The second-order valence-corrected chi connectivity index (χ2v) is 17.3. The second kappa shape index (κ2) is 18.5. The summed E-state index contributed by atoms with van der Waals surface area (Å²) in [6.45, 7) is 20.1. The van der Waals surface area contributed by atoms with E-state index in [0.717, 1.165) is 0 Å². The summed E-state index contributed by atoms with van der Waals surface area (Å²) in [4.78, 5) is 16.2. The van der Waals surface area contributed by atoms with Crippen molar-refractivity contribution in [1.82, 2.24) is 10.2 Å². The Morgan fingerprint density at radius 1 is 0.906 bits per heavy atom. The molecule has 3 heterocycles. The molecule has 3 aliphatic heterocycles. The molecule has 3 fully saturated rings. The van der Waals surface area contributed by atoms with E-state index in [-0.39, 0.29) is 43.4 Å². The third kappa shape index (κ3) is 10.3. The van der Waals surface area contributed by atoms with E-state index in [2.05, 4.69) is 5.32 Å². The van der Waals surface area contributed by atoms with Crippen molar-refractivity contribution in [2.45, 2.75) is 192 Å². The quantitative estimate of drug-likeness (QED) is 0.188. The molecule has 3 saturated heterocycles. The molecule has 0 aliphatic carbocycles. The van der Waals surface area contributed by atoms with E-state index < -0.39 is 95.8 Å².